The second kappa shape index (κ2) is 11.2. The highest BCUT2D eigenvalue weighted by Crippen LogP contribution is 2.31. The number of carbonyl (C=O) groups is 1. The Morgan fingerprint density at radius 2 is 1.93 bits per heavy atom. The SMILES string of the molecule is C=C(N)c1c(-c2ccc(Cl)c(Cl)c2)[nH]c(NC(CO)C(C)C)nc1=S.CC(N)=O. The minimum atomic E-state index is -0.333. The summed E-state index contributed by atoms with van der Waals surface area (Å²) >= 11 is 17.5. The number of aromatic nitrogens is 2. The first kappa shape index (κ1) is 24.9. The number of nitrogens with one attached hydrogen (secondary N) is 2. The van der Waals surface area contributed by atoms with Gasteiger partial charge >= 0.3 is 0 Å². The minimum Gasteiger partial charge on any atom is -0.399 e. The summed E-state index contributed by atoms with van der Waals surface area (Å²) in [5.41, 5.74) is 12.6. The fourth-order valence-electron chi connectivity index (χ4n) is 2.31. The molecule has 1 amide bonds. The van der Waals surface area contributed by atoms with Gasteiger partial charge in [-0.05, 0) is 18.1 Å². The predicted molar refractivity (Wildman–Crippen MR) is 122 cm³/mol. The molecule has 29 heavy (non-hydrogen) atoms. The van der Waals surface area contributed by atoms with E-state index in [-0.39, 0.29) is 24.5 Å². The molecule has 1 unspecified atom stereocenters. The van der Waals surface area contributed by atoms with Crippen molar-refractivity contribution in [2.45, 2.75) is 26.8 Å². The third-order valence-electron chi connectivity index (χ3n) is 3.77. The third kappa shape index (κ3) is 7.32. The highest BCUT2D eigenvalue weighted by atomic mass is 35.5. The molecule has 0 aliphatic heterocycles. The number of H-pyrrole nitrogens is 1. The van der Waals surface area contributed by atoms with Gasteiger partial charge in [0.2, 0.25) is 11.9 Å². The Morgan fingerprint density at radius 1 is 1.34 bits per heavy atom. The first-order valence-electron chi connectivity index (χ1n) is 8.65. The molecular weight excluding hydrogens is 433 g/mol. The van der Waals surface area contributed by atoms with Gasteiger partial charge in [-0.3, -0.25) is 4.79 Å². The van der Waals surface area contributed by atoms with Crippen molar-refractivity contribution in [2.75, 3.05) is 11.9 Å². The van der Waals surface area contributed by atoms with Gasteiger partial charge in [-0.25, -0.2) is 4.98 Å². The lowest BCUT2D eigenvalue weighted by Gasteiger charge is -2.21. The van der Waals surface area contributed by atoms with Crippen LogP contribution >= 0.6 is 35.4 Å². The zero-order chi connectivity index (χ0) is 22.3. The van der Waals surface area contributed by atoms with Crippen molar-refractivity contribution in [3.63, 3.8) is 0 Å². The molecule has 1 atom stereocenters. The zero-order valence-corrected chi connectivity index (χ0v) is 18.8. The summed E-state index contributed by atoms with van der Waals surface area (Å²) in [6, 6.07) is 5.04. The molecular formula is C19H25Cl2N5O2S. The van der Waals surface area contributed by atoms with Crippen LogP contribution in [0.4, 0.5) is 5.95 Å². The smallest absolute Gasteiger partial charge is 0.214 e. The second-order valence-corrected chi connectivity index (χ2v) is 7.78. The van der Waals surface area contributed by atoms with E-state index >= 15 is 0 Å². The van der Waals surface area contributed by atoms with Crippen LogP contribution in [-0.4, -0.2) is 33.6 Å². The second-order valence-electron chi connectivity index (χ2n) is 6.58. The molecule has 7 N–H and O–H groups in total. The fraction of sp³-hybridized carbons (Fsp3) is 0.316. The topological polar surface area (TPSA) is 130 Å². The van der Waals surface area contributed by atoms with Gasteiger partial charge in [-0.15, -0.1) is 0 Å². The number of nitrogens with two attached hydrogens (primary N) is 2. The van der Waals surface area contributed by atoms with Gasteiger partial charge in [0.15, 0.2) is 0 Å². The van der Waals surface area contributed by atoms with Gasteiger partial charge < -0.3 is 26.9 Å². The van der Waals surface area contributed by atoms with Crippen LogP contribution in [0.1, 0.15) is 26.3 Å². The Kier molecular flexibility index (Phi) is 9.58. The maximum atomic E-state index is 9.53. The number of amides is 1. The molecule has 10 heteroatoms. The van der Waals surface area contributed by atoms with Crippen molar-refractivity contribution >= 4 is 53.0 Å². The maximum Gasteiger partial charge on any atom is 0.214 e. The molecule has 0 aliphatic rings. The highest BCUT2D eigenvalue weighted by Gasteiger charge is 2.17. The molecule has 1 aromatic carbocycles. The quantitative estimate of drug-likeness (QED) is 0.417. The van der Waals surface area contributed by atoms with E-state index < -0.39 is 0 Å². The van der Waals surface area contributed by atoms with E-state index in [4.69, 9.17) is 41.2 Å². The predicted octanol–water partition coefficient (Wildman–Crippen LogP) is 3.96. The molecule has 2 rings (SSSR count). The van der Waals surface area contributed by atoms with Crippen molar-refractivity contribution in [2.24, 2.45) is 17.4 Å². The lowest BCUT2D eigenvalue weighted by Crippen LogP contribution is -2.30. The monoisotopic (exact) mass is 457 g/mol. The number of anilines is 1. The molecule has 1 aromatic heterocycles. The molecule has 0 fully saturated rings. The van der Waals surface area contributed by atoms with Gasteiger partial charge in [0.25, 0.3) is 0 Å². The van der Waals surface area contributed by atoms with E-state index in [1.807, 2.05) is 13.8 Å². The summed E-state index contributed by atoms with van der Waals surface area (Å²) in [5, 5.41) is 13.5. The highest BCUT2D eigenvalue weighted by molar-refractivity contribution is 7.71. The molecule has 2 aromatic rings. The standard InChI is InChI=1S/C17H20Cl2N4OS.C2H5NO/c1-8(2)13(7-24)21-17-22-15(14(9(3)20)16(25)23-17)10-4-5-11(18)12(19)6-10;1-2(3)4/h4-6,8,13,24H,3,7,20H2,1-2H3,(H2,21,22,23,25);1H3,(H2,3,4). The summed E-state index contributed by atoms with van der Waals surface area (Å²) in [6.07, 6.45) is 0. The Hall–Kier alpha value is -2.13. The number of rotatable bonds is 6. The van der Waals surface area contributed by atoms with E-state index in [1.165, 1.54) is 6.92 Å². The Bertz CT molecular complexity index is 943. The van der Waals surface area contributed by atoms with Crippen molar-refractivity contribution in [1.82, 2.24) is 9.97 Å². The van der Waals surface area contributed by atoms with E-state index in [0.717, 1.165) is 5.56 Å². The van der Waals surface area contributed by atoms with Crippen molar-refractivity contribution in [3.05, 3.63) is 45.0 Å². The average molecular weight is 458 g/mol. The summed E-state index contributed by atoms with van der Waals surface area (Å²) in [6.45, 7) is 9.05. The molecule has 0 saturated carbocycles. The summed E-state index contributed by atoms with van der Waals surface area (Å²) < 4.78 is 0.301. The number of aromatic amines is 1. The number of nitrogens with zero attached hydrogens (tertiary/aromatic N) is 1. The number of benzene rings is 1. The number of primary amides is 1. The number of hydrogen-bond acceptors (Lipinski definition) is 6. The van der Waals surface area contributed by atoms with Crippen molar-refractivity contribution < 1.29 is 9.90 Å². The van der Waals surface area contributed by atoms with Crippen LogP contribution in [0.5, 0.6) is 0 Å². The molecule has 0 bridgehead atoms. The molecule has 7 nitrogen and oxygen atoms in total. The Labute approximate surface area is 185 Å². The number of carbonyl (C=O) groups excluding carboxylic acids is 1. The maximum absolute atomic E-state index is 9.53. The third-order valence-corrected chi connectivity index (χ3v) is 4.81. The van der Waals surface area contributed by atoms with Crippen LogP contribution in [0.15, 0.2) is 24.8 Å². The zero-order valence-electron chi connectivity index (χ0n) is 16.4. The van der Waals surface area contributed by atoms with E-state index in [9.17, 15) is 9.90 Å². The summed E-state index contributed by atoms with van der Waals surface area (Å²) in [4.78, 5) is 16.7. The van der Waals surface area contributed by atoms with Gasteiger partial charge in [0.1, 0.15) is 4.64 Å². The molecule has 0 saturated heterocycles. The number of hydrogen-bond donors (Lipinski definition) is 5. The Balaban J connectivity index is 0.000000960. The van der Waals surface area contributed by atoms with Gasteiger partial charge in [-0.1, -0.05) is 61.9 Å². The molecule has 1 heterocycles. The molecule has 0 radical (unpaired) electrons. The first-order valence-corrected chi connectivity index (χ1v) is 9.82. The lowest BCUT2D eigenvalue weighted by molar-refractivity contribution is -0.115. The summed E-state index contributed by atoms with van der Waals surface area (Å²) in [5.74, 6) is 0.301. The molecule has 0 aliphatic carbocycles. The number of aliphatic hydroxyl groups is 1. The van der Waals surface area contributed by atoms with E-state index in [2.05, 4.69) is 27.6 Å². The minimum absolute atomic E-state index is 0.0343. The van der Waals surface area contributed by atoms with Crippen LogP contribution in [-0.2, 0) is 4.79 Å². The van der Waals surface area contributed by atoms with Crippen LogP contribution in [0.25, 0.3) is 17.0 Å². The van der Waals surface area contributed by atoms with Crippen LogP contribution < -0.4 is 16.8 Å². The lowest BCUT2D eigenvalue weighted by atomic mass is 10.0. The Morgan fingerprint density at radius 3 is 2.38 bits per heavy atom. The summed E-state index contributed by atoms with van der Waals surface area (Å²) in [7, 11) is 0. The van der Waals surface area contributed by atoms with Crippen molar-refractivity contribution in [3.8, 4) is 11.3 Å². The van der Waals surface area contributed by atoms with Gasteiger partial charge in [-0.2, -0.15) is 0 Å². The normalized spacial score (nSPS) is 11.4. The first-order chi connectivity index (χ1) is 13.5. The fourth-order valence-corrected chi connectivity index (χ4v) is 2.93. The number of aliphatic hydroxyl groups excluding tert-OH is 1. The molecule has 0 spiro atoms. The number of halogens is 2. The van der Waals surface area contributed by atoms with Gasteiger partial charge in [0.05, 0.1) is 34.0 Å². The van der Waals surface area contributed by atoms with Crippen molar-refractivity contribution in [1.29, 1.82) is 0 Å². The van der Waals surface area contributed by atoms with Gasteiger partial charge in [0, 0.05) is 18.2 Å². The molecule has 158 valence electrons. The van der Waals surface area contributed by atoms with Crippen LogP contribution in [0.3, 0.4) is 0 Å². The van der Waals surface area contributed by atoms with Crippen LogP contribution in [0.2, 0.25) is 10.0 Å². The average Bonchev–Trinajstić information content (AvgIpc) is 2.60. The largest absolute Gasteiger partial charge is 0.399 e. The van der Waals surface area contributed by atoms with E-state index in [0.29, 0.717) is 37.6 Å². The van der Waals surface area contributed by atoms with E-state index in [1.54, 1.807) is 18.2 Å². The van der Waals surface area contributed by atoms with Crippen LogP contribution in [0, 0.1) is 10.6 Å².